The smallest absolute Gasteiger partial charge is 0.180 e. The fraction of sp³-hybridized carbons (Fsp3) is 0.429. The quantitative estimate of drug-likeness (QED) is 0.565. The van der Waals surface area contributed by atoms with Gasteiger partial charge in [-0.1, -0.05) is 42.1 Å². The molecule has 3 nitrogen and oxygen atoms in total. The largest absolute Gasteiger partial charge is 0.490 e. The van der Waals surface area contributed by atoms with Gasteiger partial charge in [-0.3, -0.25) is 0 Å². The molecule has 27 heavy (non-hydrogen) atoms. The van der Waals surface area contributed by atoms with Crippen LogP contribution in [0.1, 0.15) is 43.7 Å². The summed E-state index contributed by atoms with van der Waals surface area (Å²) in [6, 6.07) is 8.66. The van der Waals surface area contributed by atoms with E-state index in [1.807, 2.05) is 19.1 Å². The van der Waals surface area contributed by atoms with Gasteiger partial charge in [0.2, 0.25) is 0 Å². The van der Waals surface area contributed by atoms with Crippen LogP contribution in [0.25, 0.3) is 0 Å². The molecule has 1 fully saturated rings. The number of hydrogen-bond acceptors (Lipinski definition) is 3. The van der Waals surface area contributed by atoms with E-state index < -0.39 is 0 Å². The maximum atomic E-state index is 13.2. The van der Waals surface area contributed by atoms with Gasteiger partial charge < -0.3 is 14.8 Å². The number of rotatable bonds is 8. The van der Waals surface area contributed by atoms with Gasteiger partial charge in [-0.15, -0.1) is 0 Å². The van der Waals surface area contributed by atoms with Crippen molar-refractivity contribution in [3.8, 4) is 11.5 Å². The number of nitrogens with one attached hydrogen (secondary N) is 1. The molecule has 0 aromatic heterocycles. The Morgan fingerprint density at radius 1 is 1.07 bits per heavy atom. The maximum Gasteiger partial charge on any atom is 0.180 e. The van der Waals surface area contributed by atoms with Crippen LogP contribution in [0.5, 0.6) is 11.5 Å². The lowest BCUT2D eigenvalue weighted by Gasteiger charge is -2.17. The second kappa shape index (κ2) is 9.63. The predicted molar refractivity (Wildman–Crippen MR) is 107 cm³/mol. The van der Waals surface area contributed by atoms with Crippen LogP contribution in [0.4, 0.5) is 4.39 Å². The molecule has 1 aliphatic carbocycles. The molecule has 2 aromatic carbocycles. The summed E-state index contributed by atoms with van der Waals surface area (Å²) in [4.78, 5) is 0. The summed E-state index contributed by atoms with van der Waals surface area (Å²) >= 11 is 12.5. The van der Waals surface area contributed by atoms with E-state index in [2.05, 4.69) is 5.32 Å². The van der Waals surface area contributed by atoms with Gasteiger partial charge in [0.15, 0.2) is 11.5 Å². The summed E-state index contributed by atoms with van der Waals surface area (Å²) < 4.78 is 24.8. The van der Waals surface area contributed by atoms with Crippen molar-refractivity contribution in [2.24, 2.45) is 0 Å². The van der Waals surface area contributed by atoms with Gasteiger partial charge in [-0.05, 0) is 49.6 Å². The Kier molecular flexibility index (Phi) is 7.22. The number of benzene rings is 2. The third kappa shape index (κ3) is 5.50. The van der Waals surface area contributed by atoms with Gasteiger partial charge in [0, 0.05) is 18.2 Å². The molecule has 0 amide bonds. The molecule has 0 saturated heterocycles. The Labute approximate surface area is 169 Å². The van der Waals surface area contributed by atoms with E-state index in [0.29, 0.717) is 39.8 Å². The topological polar surface area (TPSA) is 30.5 Å². The maximum absolute atomic E-state index is 13.2. The van der Waals surface area contributed by atoms with E-state index in [0.717, 1.165) is 12.1 Å². The van der Waals surface area contributed by atoms with E-state index in [4.69, 9.17) is 32.7 Å². The summed E-state index contributed by atoms with van der Waals surface area (Å²) in [5.41, 5.74) is 1.74. The highest BCUT2D eigenvalue weighted by molar-refractivity contribution is 6.32. The van der Waals surface area contributed by atoms with E-state index in [1.165, 1.54) is 37.8 Å². The standard InChI is InChI=1S/C21H24Cl2FNO2/c1-2-26-20-10-14(12-25-17-5-3-4-6-17)9-19(23)21(20)27-13-15-7-8-16(24)11-18(15)22/h7-11,17,25H,2-6,12-13H2,1H3. The van der Waals surface area contributed by atoms with Crippen molar-refractivity contribution in [1.29, 1.82) is 0 Å². The molecule has 2 aromatic rings. The van der Waals surface area contributed by atoms with Crippen LogP contribution in [0, 0.1) is 5.82 Å². The van der Waals surface area contributed by atoms with Crippen molar-refractivity contribution in [2.45, 2.75) is 51.8 Å². The van der Waals surface area contributed by atoms with Crippen LogP contribution >= 0.6 is 23.2 Å². The summed E-state index contributed by atoms with van der Waals surface area (Å²) in [7, 11) is 0. The van der Waals surface area contributed by atoms with Crippen LogP contribution in [0.2, 0.25) is 10.0 Å². The average Bonchev–Trinajstić information content (AvgIpc) is 3.14. The molecule has 0 atom stereocenters. The van der Waals surface area contributed by atoms with Crippen molar-refractivity contribution >= 4 is 23.2 Å². The zero-order valence-corrected chi connectivity index (χ0v) is 16.9. The van der Waals surface area contributed by atoms with E-state index in [1.54, 1.807) is 6.07 Å². The highest BCUT2D eigenvalue weighted by Crippen LogP contribution is 2.37. The van der Waals surface area contributed by atoms with Gasteiger partial charge in [-0.25, -0.2) is 4.39 Å². The van der Waals surface area contributed by atoms with E-state index in [9.17, 15) is 4.39 Å². The third-order valence-electron chi connectivity index (χ3n) is 4.71. The van der Waals surface area contributed by atoms with Crippen LogP contribution in [-0.4, -0.2) is 12.6 Å². The fourth-order valence-electron chi connectivity index (χ4n) is 3.31. The minimum atomic E-state index is -0.379. The average molecular weight is 412 g/mol. The Balaban J connectivity index is 1.72. The molecule has 1 aliphatic rings. The van der Waals surface area contributed by atoms with Crippen LogP contribution in [0.15, 0.2) is 30.3 Å². The van der Waals surface area contributed by atoms with Crippen LogP contribution in [0.3, 0.4) is 0 Å². The lowest BCUT2D eigenvalue weighted by molar-refractivity contribution is 0.269. The van der Waals surface area contributed by atoms with Crippen LogP contribution in [-0.2, 0) is 13.2 Å². The third-order valence-corrected chi connectivity index (χ3v) is 5.34. The summed E-state index contributed by atoms with van der Waals surface area (Å²) in [5.74, 6) is 0.700. The Morgan fingerprint density at radius 3 is 2.56 bits per heavy atom. The molecule has 0 spiro atoms. The van der Waals surface area contributed by atoms with Gasteiger partial charge in [0.1, 0.15) is 12.4 Å². The van der Waals surface area contributed by atoms with E-state index >= 15 is 0 Å². The molecule has 1 N–H and O–H groups in total. The Hall–Kier alpha value is -1.49. The lowest BCUT2D eigenvalue weighted by Crippen LogP contribution is -2.25. The predicted octanol–water partition coefficient (Wildman–Crippen LogP) is 6.14. The van der Waals surface area contributed by atoms with Gasteiger partial charge in [0.25, 0.3) is 0 Å². The molecule has 146 valence electrons. The molecular formula is C21H24Cl2FNO2. The van der Waals surface area contributed by atoms with Crippen molar-refractivity contribution in [3.63, 3.8) is 0 Å². The summed E-state index contributed by atoms with van der Waals surface area (Å²) in [6.07, 6.45) is 5.04. The fourth-order valence-corrected chi connectivity index (χ4v) is 3.82. The Bertz CT molecular complexity index is 779. The molecular weight excluding hydrogens is 388 g/mol. The normalized spacial score (nSPS) is 14.5. The molecule has 0 heterocycles. The lowest BCUT2D eigenvalue weighted by atomic mass is 10.1. The number of halogens is 3. The highest BCUT2D eigenvalue weighted by atomic mass is 35.5. The second-order valence-corrected chi connectivity index (χ2v) is 7.54. The SMILES string of the molecule is CCOc1cc(CNC2CCCC2)cc(Cl)c1OCc1ccc(F)cc1Cl. The second-order valence-electron chi connectivity index (χ2n) is 6.72. The molecule has 6 heteroatoms. The zero-order valence-electron chi connectivity index (χ0n) is 15.4. The van der Waals surface area contributed by atoms with Crippen molar-refractivity contribution in [3.05, 3.63) is 57.3 Å². The molecule has 0 radical (unpaired) electrons. The zero-order chi connectivity index (χ0) is 19.2. The molecule has 1 saturated carbocycles. The minimum Gasteiger partial charge on any atom is -0.490 e. The highest BCUT2D eigenvalue weighted by Gasteiger charge is 2.17. The molecule has 0 bridgehead atoms. The first-order valence-corrected chi connectivity index (χ1v) is 10.1. The Morgan fingerprint density at radius 2 is 1.85 bits per heavy atom. The van der Waals surface area contributed by atoms with Crippen molar-refractivity contribution in [2.75, 3.05) is 6.61 Å². The van der Waals surface area contributed by atoms with Gasteiger partial charge in [-0.2, -0.15) is 0 Å². The van der Waals surface area contributed by atoms with Gasteiger partial charge in [0.05, 0.1) is 16.7 Å². The first-order valence-electron chi connectivity index (χ1n) is 9.32. The monoisotopic (exact) mass is 411 g/mol. The van der Waals surface area contributed by atoms with Gasteiger partial charge >= 0.3 is 0 Å². The number of ether oxygens (including phenoxy) is 2. The first-order chi connectivity index (χ1) is 13.1. The van der Waals surface area contributed by atoms with Crippen molar-refractivity contribution < 1.29 is 13.9 Å². The first kappa shape index (κ1) is 20.2. The van der Waals surface area contributed by atoms with E-state index in [-0.39, 0.29) is 12.4 Å². The van der Waals surface area contributed by atoms with Crippen LogP contribution < -0.4 is 14.8 Å². The minimum absolute atomic E-state index is 0.179. The number of hydrogen-bond donors (Lipinski definition) is 1. The molecule has 3 rings (SSSR count). The summed E-state index contributed by atoms with van der Waals surface area (Å²) in [5, 5.41) is 4.39. The summed E-state index contributed by atoms with van der Waals surface area (Å²) in [6.45, 7) is 3.34. The van der Waals surface area contributed by atoms with Crippen molar-refractivity contribution in [1.82, 2.24) is 5.32 Å². The molecule has 0 unspecified atom stereocenters. The molecule has 0 aliphatic heterocycles.